The van der Waals surface area contributed by atoms with Crippen LogP contribution in [0.3, 0.4) is 0 Å². The number of aliphatic hydroxyl groups is 1. The minimum absolute atomic E-state index is 0.584. The molecule has 94 valence electrons. The number of rotatable bonds is 1. The topological polar surface area (TPSA) is 46.5 Å². The summed E-state index contributed by atoms with van der Waals surface area (Å²) < 4.78 is 77.2. The molecule has 0 aromatic rings. The fourth-order valence-electron chi connectivity index (χ4n) is 1.35. The molecule has 1 heterocycles. The van der Waals surface area contributed by atoms with Crippen LogP contribution in [0.1, 0.15) is 12.8 Å². The third-order valence-electron chi connectivity index (χ3n) is 2.21. The molecule has 0 bridgehead atoms. The number of ether oxygens (including phenoxy) is 1. The highest BCUT2D eigenvalue weighted by atomic mass is 19.4. The molecule has 9 heteroatoms. The number of halogens is 6. The molecule has 3 nitrogen and oxygen atoms in total. The van der Waals surface area contributed by atoms with Gasteiger partial charge in [-0.1, -0.05) is 0 Å². The maximum Gasteiger partial charge on any atom is 0.430 e. The first kappa shape index (κ1) is 13.1. The molecule has 0 aromatic heterocycles. The van der Waals surface area contributed by atoms with Crippen molar-refractivity contribution < 1.29 is 41.0 Å². The monoisotopic (exact) mass is 252 g/mol. The summed E-state index contributed by atoms with van der Waals surface area (Å²) in [5.74, 6) is -1.20. The van der Waals surface area contributed by atoms with E-state index in [1.165, 1.54) is 0 Å². The van der Waals surface area contributed by atoms with Crippen molar-refractivity contribution in [1.29, 1.82) is 0 Å². The second-order valence-electron chi connectivity index (χ2n) is 3.28. The molecule has 0 radical (unpaired) electrons. The van der Waals surface area contributed by atoms with E-state index >= 15 is 0 Å². The molecule has 0 aromatic carbocycles. The standard InChI is InChI=1S/C7H6F6O3/c8-6(9,10)5(15,7(11,12)13)3-1-2-4(14)16-3/h3,15H,1-2H2. The molecule has 1 aliphatic heterocycles. The number of hydrogen-bond donors (Lipinski definition) is 1. The van der Waals surface area contributed by atoms with Crippen molar-refractivity contribution in [3.63, 3.8) is 0 Å². The first-order chi connectivity index (χ1) is 7.00. The van der Waals surface area contributed by atoms with Gasteiger partial charge in [-0.25, -0.2) is 0 Å². The molecule has 1 fully saturated rings. The van der Waals surface area contributed by atoms with E-state index in [-0.39, 0.29) is 0 Å². The molecule has 1 N–H and O–H groups in total. The molecule has 1 unspecified atom stereocenters. The maximum atomic E-state index is 12.2. The van der Waals surface area contributed by atoms with Crippen molar-refractivity contribution in [2.75, 3.05) is 0 Å². The van der Waals surface area contributed by atoms with Gasteiger partial charge in [-0.2, -0.15) is 26.3 Å². The number of hydrogen-bond acceptors (Lipinski definition) is 3. The van der Waals surface area contributed by atoms with Gasteiger partial charge in [0.25, 0.3) is 5.60 Å². The van der Waals surface area contributed by atoms with E-state index in [0.29, 0.717) is 0 Å². The van der Waals surface area contributed by atoms with Crippen LogP contribution in [0.25, 0.3) is 0 Å². The highest BCUT2D eigenvalue weighted by Gasteiger charge is 2.75. The predicted molar refractivity (Wildman–Crippen MR) is 36.2 cm³/mol. The van der Waals surface area contributed by atoms with Gasteiger partial charge in [-0.15, -0.1) is 0 Å². The first-order valence-electron chi connectivity index (χ1n) is 4.05. The second-order valence-corrected chi connectivity index (χ2v) is 3.28. The molecule has 0 aliphatic carbocycles. The summed E-state index contributed by atoms with van der Waals surface area (Å²) in [6.07, 6.45) is -16.0. The van der Waals surface area contributed by atoms with E-state index < -0.39 is 42.9 Å². The highest BCUT2D eigenvalue weighted by molar-refractivity contribution is 5.71. The largest absolute Gasteiger partial charge is 0.458 e. The number of carbonyl (C=O) groups is 1. The Labute approximate surface area is 85.0 Å². The molecule has 1 atom stereocenters. The maximum absolute atomic E-state index is 12.2. The van der Waals surface area contributed by atoms with Crippen LogP contribution in [0, 0.1) is 0 Å². The Bertz CT molecular complexity index is 279. The molecular formula is C7H6F6O3. The minimum atomic E-state index is -5.96. The van der Waals surface area contributed by atoms with Crippen LogP contribution in [-0.4, -0.2) is 35.1 Å². The van der Waals surface area contributed by atoms with Crippen molar-refractivity contribution in [2.24, 2.45) is 0 Å². The van der Waals surface area contributed by atoms with Gasteiger partial charge >= 0.3 is 18.3 Å². The van der Waals surface area contributed by atoms with E-state index in [1.807, 2.05) is 0 Å². The molecule has 0 amide bonds. The van der Waals surface area contributed by atoms with Crippen LogP contribution in [0.5, 0.6) is 0 Å². The fraction of sp³-hybridized carbons (Fsp3) is 0.857. The smallest absolute Gasteiger partial charge is 0.430 e. The Morgan fingerprint density at radius 1 is 1.12 bits per heavy atom. The van der Waals surface area contributed by atoms with E-state index in [9.17, 15) is 31.1 Å². The average Bonchev–Trinajstić information content (AvgIpc) is 2.46. The van der Waals surface area contributed by atoms with Gasteiger partial charge in [0.2, 0.25) is 0 Å². The predicted octanol–water partition coefficient (Wildman–Crippen LogP) is 1.55. The second kappa shape index (κ2) is 3.51. The van der Waals surface area contributed by atoms with Gasteiger partial charge in [0.15, 0.2) is 0 Å². The molecular weight excluding hydrogens is 246 g/mol. The van der Waals surface area contributed by atoms with Crippen LogP contribution in [-0.2, 0) is 9.53 Å². The van der Waals surface area contributed by atoms with Crippen molar-refractivity contribution in [3.05, 3.63) is 0 Å². The van der Waals surface area contributed by atoms with Crippen LogP contribution in [0.4, 0.5) is 26.3 Å². The summed E-state index contributed by atoms with van der Waals surface area (Å²) in [7, 11) is 0. The summed E-state index contributed by atoms with van der Waals surface area (Å²) in [5.41, 5.74) is -5.01. The Balaban J connectivity index is 3.11. The molecule has 0 spiro atoms. The molecule has 1 rings (SSSR count). The van der Waals surface area contributed by atoms with Crippen LogP contribution < -0.4 is 0 Å². The van der Waals surface area contributed by atoms with E-state index in [1.54, 1.807) is 0 Å². The number of alkyl halides is 6. The summed E-state index contributed by atoms with van der Waals surface area (Å²) in [6.45, 7) is 0. The summed E-state index contributed by atoms with van der Waals surface area (Å²) in [4.78, 5) is 10.5. The van der Waals surface area contributed by atoms with E-state index in [0.717, 1.165) is 0 Å². The normalized spacial score (nSPS) is 23.4. The summed E-state index contributed by atoms with van der Waals surface area (Å²) in [6, 6.07) is 0. The summed E-state index contributed by atoms with van der Waals surface area (Å²) >= 11 is 0. The zero-order chi connectivity index (χ0) is 12.8. The van der Waals surface area contributed by atoms with Gasteiger partial charge in [0.1, 0.15) is 6.10 Å². The van der Waals surface area contributed by atoms with Gasteiger partial charge in [0.05, 0.1) is 0 Å². The van der Waals surface area contributed by atoms with Gasteiger partial charge in [-0.05, 0) is 6.42 Å². The Morgan fingerprint density at radius 2 is 1.56 bits per heavy atom. The lowest BCUT2D eigenvalue weighted by Gasteiger charge is -2.35. The minimum Gasteiger partial charge on any atom is -0.458 e. The number of carbonyl (C=O) groups excluding carboxylic acids is 1. The van der Waals surface area contributed by atoms with E-state index in [2.05, 4.69) is 4.74 Å². The van der Waals surface area contributed by atoms with Crippen molar-refractivity contribution in [1.82, 2.24) is 0 Å². The molecule has 1 aliphatic rings. The zero-order valence-corrected chi connectivity index (χ0v) is 7.52. The third-order valence-corrected chi connectivity index (χ3v) is 2.21. The van der Waals surface area contributed by atoms with Gasteiger partial charge in [0, 0.05) is 6.42 Å². The van der Waals surface area contributed by atoms with Crippen molar-refractivity contribution in [2.45, 2.75) is 36.9 Å². The average molecular weight is 252 g/mol. The molecule has 1 saturated heterocycles. The van der Waals surface area contributed by atoms with Crippen molar-refractivity contribution in [3.8, 4) is 0 Å². The molecule has 0 saturated carbocycles. The number of esters is 1. The van der Waals surface area contributed by atoms with E-state index in [4.69, 9.17) is 5.11 Å². The lowest BCUT2D eigenvalue weighted by molar-refractivity contribution is -0.389. The van der Waals surface area contributed by atoms with Crippen molar-refractivity contribution >= 4 is 5.97 Å². The number of cyclic esters (lactones) is 1. The Hall–Kier alpha value is -0.990. The Morgan fingerprint density at radius 3 is 1.81 bits per heavy atom. The fourth-order valence-corrected chi connectivity index (χ4v) is 1.35. The van der Waals surface area contributed by atoms with Crippen LogP contribution in [0.15, 0.2) is 0 Å². The molecule has 16 heavy (non-hydrogen) atoms. The summed E-state index contributed by atoms with van der Waals surface area (Å²) in [5, 5.41) is 8.77. The first-order valence-corrected chi connectivity index (χ1v) is 4.05. The van der Waals surface area contributed by atoms with Crippen LogP contribution in [0.2, 0.25) is 0 Å². The lowest BCUT2D eigenvalue weighted by atomic mass is 9.93. The third kappa shape index (κ3) is 1.83. The van der Waals surface area contributed by atoms with Gasteiger partial charge in [-0.3, -0.25) is 4.79 Å². The SMILES string of the molecule is O=C1CCC(C(O)(C(F)(F)F)C(F)(F)F)O1. The lowest BCUT2D eigenvalue weighted by Crippen LogP contribution is -2.64. The zero-order valence-electron chi connectivity index (χ0n) is 7.52. The Kier molecular flexibility index (Phi) is 2.86. The quantitative estimate of drug-likeness (QED) is 0.569. The van der Waals surface area contributed by atoms with Crippen LogP contribution >= 0.6 is 0 Å². The van der Waals surface area contributed by atoms with Gasteiger partial charge < -0.3 is 9.84 Å². The highest BCUT2D eigenvalue weighted by Crippen LogP contribution is 2.48.